The van der Waals surface area contributed by atoms with Crippen LogP contribution in [0.1, 0.15) is 31.0 Å². The fourth-order valence-corrected chi connectivity index (χ4v) is 3.28. The van der Waals surface area contributed by atoms with E-state index in [2.05, 4.69) is 5.32 Å². The Hall–Kier alpha value is -3.68. The van der Waals surface area contributed by atoms with Crippen molar-refractivity contribution in [3.63, 3.8) is 0 Å². The molecule has 0 fully saturated rings. The number of rotatable bonds is 6. The number of non-ortho nitro benzene ring substituents is 1. The van der Waals surface area contributed by atoms with Gasteiger partial charge < -0.3 is 10.1 Å². The maximum absolute atomic E-state index is 12.8. The molecule has 1 atom stereocenters. The minimum Gasteiger partial charge on any atom is -0.463 e. The van der Waals surface area contributed by atoms with Crippen molar-refractivity contribution in [2.45, 2.75) is 26.4 Å². The van der Waals surface area contributed by atoms with E-state index < -0.39 is 23.0 Å². The van der Waals surface area contributed by atoms with Gasteiger partial charge in [-0.2, -0.15) is 0 Å². The van der Waals surface area contributed by atoms with Crippen LogP contribution in [-0.4, -0.2) is 28.4 Å². The van der Waals surface area contributed by atoms with Gasteiger partial charge in [0, 0.05) is 17.8 Å². The van der Waals surface area contributed by atoms with Crippen molar-refractivity contribution < 1.29 is 19.2 Å². The van der Waals surface area contributed by atoms with Crippen molar-refractivity contribution in [2.24, 2.45) is 0 Å². The number of amides is 2. The zero-order chi connectivity index (χ0) is 21.0. The van der Waals surface area contributed by atoms with Crippen LogP contribution in [0.5, 0.6) is 0 Å². The largest absolute Gasteiger partial charge is 0.463 e. The molecular weight excluding hydrogens is 374 g/mol. The molecule has 1 aliphatic heterocycles. The van der Waals surface area contributed by atoms with E-state index in [0.29, 0.717) is 11.3 Å². The molecule has 0 aromatic heterocycles. The van der Waals surface area contributed by atoms with Gasteiger partial charge in [-0.05, 0) is 25.0 Å². The van der Waals surface area contributed by atoms with Crippen LogP contribution in [0.25, 0.3) is 0 Å². The van der Waals surface area contributed by atoms with E-state index in [0.717, 1.165) is 5.56 Å². The lowest BCUT2D eigenvalue weighted by Gasteiger charge is -2.35. The number of carbonyl (C=O) groups excluding carboxylic acids is 2. The van der Waals surface area contributed by atoms with E-state index in [9.17, 15) is 19.7 Å². The van der Waals surface area contributed by atoms with Crippen LogP contribution in [0.2, 0.25) is 0 Å². The molecule has 8 nitrogen and oxygen atoms in total. The number of nitro benzene ring substituents is 1. The van der Waals surface area contributed by atoms with Crippen molar-refractivity contribution in [3.8, 4) is 0 Å². The van der Waals surface area contributed by atoms with E-state index in [1.807, 2.05) is 30.3 Å². The summed E-state index contributed by atoms with van der Waals surface area (Å²) in [5.74, 6) is -0.570. The number of nitrogens with zero attached hydrogens (tertiary/aromatic N) is 2. The monoisotopic (exact) mass is 395 g/mol. The highest BCUT2D eigenvalue weighted by molar-refractivity contribution is 5.95. The van der Waals surface area contributed by atoms with Gasteiger partial charge in [-0.3, -0.25) is 15.0 Å². The fourth-order valence-electron chi connectivity index (χ4n) is 3.28. The molecule has 1 heterocycles. The topological polar surface area (TPSA) is 102 Å². The van der Waals surface area contributed by atoms with Gasteiger partial charge >= 0.3 is 12.0 Å². The molecule has 1 unspecified atom stereocenters. The summed E-state index contributed by atoms with van der Waals surface area (Å²) in [6.07, 6.45) is 0. The van der Waals surface area contributed by atoms with E-state index >= 15 is 0 Å². The van der Waals surface area contributed by atoms with Crippen LogP contribution in [0.4, 0.5) is 10.5 Å². The Morgan fingerprint density at radius 3 is 2.59 bits per heavy atom. The van der Waals surface area contributed by atoms with Crippen molar-refractivity contribution in [3.05, 3.63) is 87.1 Å². The summed E-state index contributed by atoms with van der Waals surface area (Å²) in [6, 6.07) is 14.0. The molecule has 29 heavy (non-hydrogen) atoms. The molecule has 2 amide bonds. The van der Waals surface area contributed by atoms with Crippen LogP contribution >= 0.6 is 0 Å². The first-order chi connectivity index (χ1) is 13.9. The number of hydrogen-bond acceptors (Lipinski definition) is 5. The van der Waals surface area contributed by atoms with Crippen LogP contribution in [0.3, 0.4) is 0 Å². The van der Waals surface area contributed by atoms with E-state index in [4.69, 9.17) is 4.74 Å². The lowest BCUT2D eigenvalue weighted by molar-refractivity contribution is -0.384. The van der Waals surface area contributed by atoms with Gasteiger partial charge in [0.15, 0.2) is 0 Å². The normalized spacial score (nSPS) is 16.4. The summed E-state index contributed by atoms with van der Waals surface area (Å²) >= 11 is 0. The summed E-state index contributed by atoms with van der Waals surface area (Å²) in [6.45, 7) is 3.82. The zero-order valence-corrected chi connectivity index (χ0v) is 16.1. The number of hydrogen-bond donors (Lipinski definition) is 1. The van der Waals surface area contributed by atoms with E-state index in [1.54, 1.807) is 19.9 Å². The van der Waals surface area contributed by atoms with Gasteiger partial charge in [0.1, 0.15) is 0 Å². The van der Waals surface area contributed by atoms with Crippen LogP contribution < -0.4 is 5.32 Å². The predicted octanol–water partition coefficient (Wildman–Crippen LogP) is 3.70. The lowest BCUT2D eigenvalue weighted by Crippen LogP contribution is -2.47. The van der Waals surface area contributed by atoms with Crippen LogP contribution in [-0.2, 0) is 16.1 Å². The highest BCUT2D eigenvalue weighted by atomic mass is 16.6. The quantitative estimate of drug-likeness (QED) is 0.456. The third-order valence-corrected chi connectivity index (χ3v) is 4.69. The number of nitrogens with one attached hydrogen (secondary N) is 1. The second kappa shape index (κ2) is 8.55. The molecule has 1 aliphatic rings. The molecule has 0 saturated carbocycles. The minimum absolute atomic E-state index is 0.121. The third-order valence-electron chi connectivity index (χ3n) is 4.69. The Morgan fingerprint density at radius 1 is 1.21 bits per heavy atom. The number of allylic oxidation sites excluding steroid dienone is 1. The second-order valence-corrected chi connectivity index (χ2v) is 6.53. The molecule has 0 bridgehead atoms. The summed E-state index contributed by atoms with van der Waals surface area (Å²) in [4.78, 5) is 37.7. The summed E-state index contributed by atoms with van der Waals surface area (Å²) < 4.78 is 5.21. The number of carbonyl (C=O) groups is 2. The molecule has 8 heteroatoms. The highest BCUT2D eigenvalue weighted by Crippen LogP contribution is 2.33. The average molecular weight is 395 g/mol. The average Bonchev–Trinajstić information content (AvgIpc) is 2.71. The summed E-state index contributed by atoms with van der Waals surface area (Å²) in [7, 11) is 0. The second-order valence-electron chi connectivity index (χ2n) is 6.53. The first-order valence-corrected chi connectivity index (χ1v) is 9.16. The van der Waals surface area contributed by atoms with Gasteiger partial charge in [0.25, 0.3) is 5.69 Å². The standard InChI is InChI=1S/C21H21N3O5/c1-3-29-20(25)18-14(2)23(13-15-8-5-4-6-9-15)21(26)22-19(18)16-10-7-11-17(12-16)24(27)28/h4-12,19H,3,13H2,1-2H3,(H,22,26). The molecule has 150 valence electrons. The Labute approximate surface area is 167 Å². The maximum atomic E-state index is 12.8. The zero-order valence-electron chi connectivity index (χ0n) is 16.1. The number of benzene rings is 2. The molecule has 2 aromatic carbocycles. The Morgan fingerprint density at radius 2 is 1.93 bits per heavy atom. The van der Waals surface area contributed by atoms with Gasteiger partial charge in [0.2, 0.25) is 0 Å². The smallest absolute Gasteiger partial charge is 0.338 e. The highest BCUT2D eigenvalue weighted by Gasteiger charge is 2.36. The van der Waals surface area contributed by atoms with Gasteiger partial charge in [-0.25, -0.2) is 9.59 Å². The van der Waals surface area contributed by atoms with E-state index in [-0.39, 0.29) is 24.4 Å². The van der Waals surface area contributed by atoms with Crippen LogP contribution in [0, 0.1) is 10.1 Å². The Kier molecular flexibility index (Phi) is 5.92. The van der Waals surface area contributed by atoms with E-state index in [1.165, 1.54) is 23.1 Å². The first-order valence-electron chi connectivity index (χ1n) is 9.16. The molecule has 0 aliphatic carbocycles. The molecule has 1 N–H and O–H groups in total. The third kappa shape index (κ3) is 4.26. The first kappa shape index (κ1) is 20.1. The SMILES string of the molecule is CCOC(=O)C1=C(C)N(Cc2ccccc2)C(=O)NC1c1cccc([N+](=O)[O-])c1. The van der Waals surface area contributed by atoms with Gasteiger partial charge in [-0.1, -0.05) is 42.5 Å². The van der Waals surface area contributed by atoms with Crippen LogP contribution in [0.15, 0.2) is 65.9 Å². The Bertz CT molecular complexity index is 971. The fraction of sp³-hybridized carbons (Fsp3) is 0.238. The molecule has 2 aromatic rings. The molecule has 3 rings (SSSR count). The molecule has 0 spiro atoms. The molecule has 0 saturated heterocycles. The van der Waals surface area contributed by atoms with Gasteiger partial charge in [0.05, 0.1) is 29.7 Å². The summed E-state index contributed by atoms with van der Waals surface area (Å²) in [5, 5.41) is 13.9. The Balaban J connectivity index is 2.05. The maximum Gasteiger partial charge on any atom is 0.338 e. The lowest BCUT2D eigenvalue weighted by atomic mass is 9.94. The minimum atomic E-state index is -0.839. The van der Waals surface area contributed by atoms with Crippen molar-refractivity contribution in [1.29, 1.82) is 0 Å². The van der Waals surface area contributed by atoms with Gasteiger partial charge in [-0.15, -0.1) is 0 Å². The number of ether oxygens (including phenoxy) is 1. The molecular formula is C21H21N3O5. The van der Waals surface area contributed by atoms with Crippen molar-refractivity contribution >= 4 is 17.7 Å². The number of nitro groups is 1. The number of esters is 1. The summed E-state index contributed by atoms with van der Waals surface area (Å²) in [5.41, 5.74) is 1.92. The predicted molar refractivity (Wildman–Crippen MR) is 106 cm³/mol. The van der Waals surface area contributed by atoms with Crippen molar-refractivity contribution in [2.75, 3.05) is 6.61 Å². The number of urea groups is 1. The molecule has 0 radical (unpaired) electrons. The van der Waals surface area contributed by atoms with Crippen molar-refractivity contribution in [1.82, 2.24) is 10.2 Å².